The number of rotatable bonds is 5. The van der Waals surface area contributed by atoms with Gasteiger partial charge >= 0.3 is 18.1 Å². The van der Waals surface area contributed by atoms with Gasteiger partial charge in [-0.25, -0.2) is 4.79 Å². The van der Waals surface area contributed by atoms with Crippen molar-refractivity contribution in [2.45, 2.75) is 38.0 Å². The number of likely N-dealkylation sites (tertiary alicyclic amines) is 1. The average Bonchev–Trinajstić information content (AvgIpc) is 3.33. The van der Waals surface area contributed by atoms with Crippen LogP contribution in [0.4, 0.5) is 13.2 Å². The summed E-state index contributed by atoms with van der Waals surface area (Å²) in [5.74, 6) is -5.12. The Kier molecular flexibility index (Phi) is 8.30. The maximum Gasteiger partial charge on any atom is 0.490 e. The number of hydrogen-bond acceptors (Lipinski definition) is 6. The number of carboxylic acid groups (broad SMARTS) is 1. The number of aliphatic carboxylic acids is 1. The minimum atomic E-state index is -5.08. The van der Waals surface area contributed by atoms with Crippen LogP contribution in [-0.4, -0.2) is 59.6 Å². The normalized spacial score (nSPS) is 24.6. The van der Waals surface area contributed by atoms with Crippen molar-refractivity contribution in [2.75, 3.05) is 14.2 Å². The summed E-state index contributed by atoms with van der Waals surface area (Å²) in [6.07, 6.45) is -4.67. The smallest absolute Gasteiger partial charge is 0.475 e. The van der Waals surface area contributed by atoms with Crippen molar-refractivity contribution >= 4 is 23.8 Å². The summed E-state index contributed by atoms with van der Waals surface area (Å²) < 4.78 is 36.9. The third kappa shape index (κ3) is 5.42. The number of carboxylic acids is 1. The number of amides is 2. The topological polar surface area (TPSA) is 113 Å². The largest absolute Gasteiger partial charge is 0.490 e. The van der Waals surface area contributed by atoms with Crippen molar-refractivity contribution in [1.29, 1.82) is 0 Å². The highest BCUT2D eigenvalue weighted by atomic mass is 19.4. The molecule has 2 aliphatic rings. The molecule has 0 radical (unpaired) electrons. The fourth-order valence-corrected chi connectivity index (χ4v) is 5.23. The molecule has 2 aliphatic heterocycles. The van der Waals surface area contributed by atoms with Gasteiger partial charge in [-0.2, -0.15) is 13.2 Å². The lowest BCUT2D eigenvalue weighted by molar-refractivity contribution is -0.192. The fraction of sp³-hybridized carbons (Fsp3) is 0.407. The number of nitrogens with zero attached hydrogens (tertiary/aromatic N) is 1. The van der Waals surface area contributed by atoms with E-state index in [1.54, 1.807) is 0 Å². The molecule has 2 N–H and O–H groups in total. The Labute approximate surface area is 217 Å². The molecule has 4 rings (SSSR count). The Morgan fingerprint density at radius 2 is 1.55 bits per heavy atom. The molecule has 0 spiro atoms. The van der Waals surface area contributed by atoms with E-state index < -0.39 is 41.5 Å². The van der Waals surface area contributed by atoms with Gasteiger partial charge in [-0.3, -0.25) is 24.6 Å². The molecule has 2 aromatic rings. The molecular formula is C27H29F3N2O6. The molecule has 8 nitrogen and oxygen atoms in total. The number of carbonyl (C=O) groups excluding carboxylic acids is 3. The number of hydrogen-bond donors (Lipinski definition) is 2. The first-order chi connectivity index (χ1) is 17.7. The average molecular weight is 535 g/mol. The van der Waals surface area contributed by atoms with E-state index in [2.05, 4.69) is 5.32 Å². The van der Waals surface area contributed by atoms with Crippen molar-refractivity contribution in [1.82, 2.24) is 10.2 Å². The molecule has 0 bridgehead atoms. The number of ether oxygens (including phenoxy) is 1. The summed E-state index contributed by atoms with van der Waals surface area (Å²) in [5, 5.41) is 10.5. The van der Waals surface area contributed by atoms with Crippen LogP contribution in [0.3, 0.4) is 0 Å². The summed E-state index contributed by atoms with van der Waals surface area (Å²) in [6.45, 7) is 3.99. The molecule has 0 saturated carbocycles. The predicted octanol–water partition coefficient (Wildman–Crippen LogP) is 3.82. The van der Waals surface area contributed by atoms with Gasteiger partial charge in [0.05, 0.1) is 18.9 Å². The Morgan fingerprint density at radius 1 is 1.03 bits per heavy atom. The zero-order valence-electron chi connectivity index (χ0n) is 21.3. The van der Waals surface area contributed by atoms with E-state index in [9.17, 15) is 27.6 Å². The first kappa shape index (κ1) is 28.8. The van der Waals surface area contributed by atoms with Gasteiger partial charge < -0.3 is 9.84 Å². The van der Waals surface area contributed by atoms with Crippen molar-refractivity contribution in [3.05, 3.63) is 60.2 Å². The highest BCUT2D eigenvalue weighted by Crippen LogP contribution is 2.51. The minimum absolute atomic E-state index is 0.125. The fourth-order valence-electron chi connectivity index (χ4n) is 5.23. The Bertz CT molecular complexity index is 1200. The van der Waals surface area contributed by atoms with Crippen molar-refractivity contribution < 1.29 is 42.2 Å². The lowest BCUT2D eigenvalue weighted by Gasteiger charge is -2.33. The SMILES string of the molecule is COC(=O)[C@]1(CC(C)C)NC(c2ccc(-c3ccccc3)cc2)C2C(=O)N(C)C(=O)C21.O=C(O)C(F)(F)F. The van der Waals surface area contributed by atoms with E-state index in [1.165, 1.54) is 19.1 Å². The van der Waals surface area contributed by atoms with Crippen molar-refractivity contribution in [3.63, 3.8) is 0 Å². The first-order valence-electron chi connectivity index (χ1n) is 11.9. The van der Waals surface area contributed by atoms with Crippen LogP contribution in [0.5, 0.6) is 0 Å². The highest BCUT2D eigenvalue weighted by molar-refractivity contribution is 6.09. The lowest BCUT2D eigenvalue weighted by atomic mass is 9.75. The molecule has 11 heteroatoms. The van der Waals surface area contributed by atoms with Crippen molar-refractivity contribution in [3.8, 4) is 11.1 Å². The molecule has 2 amide bonds. The summed E-state index contributed by atoms with van der Waals surface area (Å²) in [4.78, 5) is 49.2. The van der Waals surface area contributed by atoms with Gasteiger partial charge in [-0.05, 0) is 29.0 Å². The number of halogens is 3. The second-order valence-corrected chi connectivity index (χ2v) is 9.71. The van der Waals surface area contributed by atoms with Gasteiger partial charge in [0.1, 0.15) is 5.54 Å². The summed E-state index contributed by atoms with van der Waals surface area (Å²) in [5.41, 5.74) is 1.81. The molecule has 38 heavy (non-hydrogen) atoms. The Hall–Kier alpha value is -3.73. The van der Waals surface area contributed by atoms with Gasteiger partial charge in [0, 0.05) is 13.1 Å². The lowest BCUT2D eigenvalue weighted by Crippen LogP contribution is -2.56. The minimum Gasteiger partial charge on any atom is -0.475 e. The third-order valence-corrected chi connectivity index (χ3v) is 6.77. The molecule has 2 aromatic carbocycles. The van der Waals surface area contributed by atoms with Gasteiger partial charge in [-0.15, -0.1) is 0 Å². The Morgan fingerprint density at radius 3 is 2.03 bits per heavy atom. The number of methoxy groups -OCH3 is 1. The number of alkyl halides is 3. The number of imide groups is 1. The third-order valence-electron chi connectivity index (χ3n) is 6.77. The molecular weight excluding hydrogens is 505 g/mol. The summed E-state index contributed by atoms with van der Waals surface area (Å²) in [7, 11) is 2.82. The van der Waals surface area contributed by atoms with E-state index in [0.29, 0.717) is 6.42 Å². The van der Waals surface area contributed by atoms with Gasteiger partial charge in [0.25, 0.3) is 0 Å². The number of carbonyl (C=O) groups is 4. The van der Waals surface area contributed by atoms with Crippen LogP contribution in [0, 0.1) is 17.8 Å². The van der Waals surface area contributed by atoms with E-state index in [-0.39, 0.29) is 17.7 Å². The van der Waals surface area contributed by atoms with E-state index in [1.807, 2.05) is 68.4 Å². The number of esters is 1. The number of nitrogens with one attached hydrogen (secondary N) is 1. The van der Waals surface area contributed by atoms with E-state index in [4.69, 9.17) is 14.6 Å². The maximum atomic E-state index is 13.1. The molecule has 204 valence electrons. The van der Waals surface area contributed by atoms with Crippen LogP contribution in [0.15, 0.2) is 54.6 Å². The zero-order valence-corrected chi connectivity index (χ0v) is 21.3. The second-order valence-electron chi connectivity index (χ2n) is 9.71. The second kappa shape index (κ2) is 10.9. The highest BCUT2D eigenvalue weighted by Gasteiger charge is 2.68. The molecule has 2 fully saturated rings. The molecule has 2 heterocycles. The van der Waals surface area contributed by atoms with Gasteiger partial charge in [0.2, 0.25) is 11.8 Å². The molecule has 2 saturated heterocycles. The maximum absolute atomic E-state index is 13.1. The monoisotopic (exact) mass is 534 g/mol. The van der Waals surface area contributed by atoms with Crippen LogP contribution >= 0.6 is 0 Å². The van der Waals surface area contributed by atoms with Crippen LogP contribution in [0.2, 0.25) is 0 Å². The van der Waals surface area contributed by atoms with Crippen molar-refractivity contribution in [2.24, 2.45) is 17.8 Å². The quantitative estimate of drug-likeness (QED) is 0.443. The van der Waals surface area contributed by atoms with Crippen LogP contribution < -0.4 is 5.32 Å². The molecule has 3 unspecified atom stereocenters. The number of benzene rings is 2. The van der Waals surface area contributed by atoms with Crippen LogP contribution in [-0.2, 0) is 23.9 Å². The first-order valence-corrected chi connectivity index (χ1v) is 11.9. The summed E-state index contributed by atoms with van der Waals surface area (Å²) in [6, 6.07) is 17.5. The number of fused-ring (bicyclic) bond motifs is 1. The van der Waals surface area contributed by atoms with Crippen LogP contribution in [0.25, 0.3) is 11.1 Å². The van der Waals surface area contributed by atoms with E-state index >= 15 is 0 Å². The van der Waals surface area contributed by atoms with Gasteiger partial charge in [-0.1, -0.05) is 68.4 Å². The van der Waals surface area contributed by atoms with Gasteiger partial charge in [0.15, 0.2) is 0 Å². The van der Waals surface area contributed by atoms with Crippen LogP contribution in [0.1, 0.15) is 31.9 Å². The molecule has 0 aliphatic carbocycles. The Balaban J connectivity index is 0.000000505. The molecule has 0 aromatic heterocycles. The van der Waals surface area contributed by atoms with E-state index in [0.717, 1.165) is 16.7 Å². The summed E-state index contributed by atoms with van der Waals surface area (Å²) >= 11 is 0. The predicted molar refractivity (Wildman–Crippen MR) is 130 cm³/mol. The zero-order chi connectivity index (χ0) is 28.4. The standard InChI is InChI=1S/C25H28N2O4.C2HF3O2/c1-15(2)14-25(24(30)31-4)20-19(22(28)27(3)23(20)29)21(26-25)18-12-10-17(11-13-18)16-8-6-5-7-9-16;3-2(4,5)1(6)7/h5-13,15,19-21,26H,14H2,1-4H3;(H,6,7)/t19?,20?,21?,25-;/m1./s1. The molecule has 4 atom stereocenters.